The Balaban J connectivity index is 1.97. The van der Waals surface area contributed by atoms with Gasteiger partial charge >= 0.3 is 0 Å². The van der Waals surface area contributed by atoms with Crippen LogP contribution in [0.4, 0.5) is 15.9 Å². The van der Waals surface area contributed by atoms with Crippen LogP contribution in [-0.4, -0.2) is 9.97 Å². The van der Waals surface area contributed by atoms with Crippen molar-refractivity contribution in [1.29, 1.82) is 0 Å². The highest BCUT2D eigenvalue weighted by Gasteiger charge is 2.28. The van der Waals surface area contributed by atoms with Gasteiger partial charge in [0.1, 0.15) is 22.6 Å². The van der Waals surface area contributed by atoms with Crippen LogP contribution in [0.15, 0.2) is 18.2 Å². The van der Waals surface area contributed by atoms with Crippen LogP contribution in [0, 0.1) is 19.7 Å². The van der Waals surface area contributed by atoms with Crippen LogP contribution in [0.3, 0.4) is 0 Å². The first kappa shape index (κ1) is 13.3. The average molecular weight is 292 g/mol. The van der Waals surface area contributed by atoms with Crippen molar-refractivity contribution in [2.24, 2.45) is 0 Å². The van der Waals surface area contributed by atoms with Crippen molar-refractivity contribution in [2.75, 3.05) is 5.32 Å². The number of aromatic nitrogens is 2. The molecule has 1 aromatic heterocycles. The number of benzene rings is 1. The molecule has 1 fully saturated rings. The van der Waals surface area contributed by atoms with Crippen molar-refractivity contribution in [1.82, 2.24) is 9.97 Å². The summed E-state index contributed by atoms with van der Waals surface area (Å²) < 4.78 is 13.1. The number of aryl methyl sites for hydroxylation is 1. The highest BCUT2D eigenvalue weighted by atomic mass is 35.5. The molecule has 2 aromatic rings. The molecule has 0 atom stereocenters. The molecule has 1 aromatic carbocycles. The van der Waals surface area contributed by atoms with Crippen LogP contribution in [0.2, 0.25) is 5.15 Å². The molecule has 20 heavy (non-hydrogen) atoms. The van der Waals surface area contributed by atoms with Crippen LogP contribution in [0.1, 0.15) is 35.7 Å². The van der Waals surface area contributed by atoms with Crippen LogP contribution < -0.4 is 5.32 Å². The molecule has 3 nitrogen and oxygen atoms in total. The van der Waals surface area contributed by atoms with Gasteiger partial charge in [-0.3, -0.25) is 0 Å². The minimum absolute atomic E-state index is 0.246. The molecule has 3 rings (SSSR count). The molecule has 0 bridgehead atoms. The lowest BCUT2D eigenvalue weighted by Crippen LogP contribution is -2.04. The Hall–Kier alpha value is -1.68. The highest BCUT2D eigenvalue weighted by Crippen LogP contribution is 2.39. The lowest BCUT2D eigenvalue weighted by atomic mass is 10.2. The van der Waals surface area contributed by atoms with E-state index >= 15 is 0 Å². The zero-order valence-corrected chi connectivity index (χ0v) is 12.1. The monoisotopic (exact) mass is 291 g/mol. The number of hydrogen-bond donors (Lipinski definition) is 1. The molecule has 0 saturated heterocycles. The molecule has 1 aliphatic rings. The van der Waals surface area contributed by atoms with Crippen LogP contribution in [0.25, 0.3) is 0 Å². The van der Waals surface area contributed by atoms with Crippen molar-refractivity contribution in [3.63, 3.8) is 0 Å². The van der Waals surface area contributed by atoms with E-state index in [-0.39, 0.29) is 5.82 Å². The van der Waals surface area contributed by atoms with Crippen molar-refractivity contribution < 1.29 is 4.39 Å². The molecule has 104 valence electrons. The summed E-state index contributed by atoms with van der Waals surface area (Å²) in [6.07, 6.45) is 2.24. The minimum Gasteiger partial charge on any atom is -0.340 e. The van der Waals surface area contributed by atoms with Gasteiger partial charge in [0.2, 0.25) is 0 Å². The van der Waals surface area contributed by atoms with Crippen molar-refractivity contribution in [2.45, 2.75) is 32.6 Å². The van der Waals surface area contributed by atoms with Gasteiger partial charge in [-0.25, -0.2) is 14.4 Å². The Kier molecular flexibility index (Phi) is 3.34. The van der Waals surface area contributed by atoms with Crippen molar-refractivity contribution in [3.8, 4) is 0 Å². The molecule has 1 aliphatic carbocycles. The lowest BCUT2D eigenvalue weighted by Gasteiger charge is -2.13. The summed E-state index contributed by atoms with van der Waals surface area (Å²) in [5.74, 6) is 1.68. The Morgan fingerprint density at radius 2 is 2.00 bits per heavy atom. The maximum Gasteiger partial charge on any atom is 0.138 e. The van der Waals surface area contributed by atoms with Crippen molar-refractivity contribution >= 4 is 23.1 Å². The van der Waals surface area contributed by atoms with Gasteiger partial charge in [-0.1, -0.05) is 11.6 Å². The lowest BCUT2D eigenvalue weighted by molar-refractivity contribution is 0.627. The minimum atomic E-state index is -0.246. The second kappa shape index (κ2) is 5.02. The molecule has 1 heterocycles. The smallest absolute Gasteiger partial charge is 0.138 e. The van der Waals surface area contributed by atoms with E-state index < -0.39 is 0 Å². The van der Waals surface area contributed by atoms with E-state index in [1.807, 2.05) is 13.8 Å². The van der Waals surface area contributed by atoms with E-state index in [0.717, 1.165) is 35.5 Å². The van der Waals surface area contributed by atoms with Gasteiger partial charge in [0.25, 0.3) is 0 Å². The molecule has 0 amide bonds. The summed E-state index contributed by atoms with van der Waals surface area (Å²) in [5, 5.41) is 3.71. The fourth-order valence-electron chi connectivity index (χ4n) is 2.05. The molecule has 1 saturated carbocycles. The van der Waals surface area contributed by atoms with E-state index in [2.05, 4.69) is 15.3 Å². The Bertz CT molecular complexity index is 668. The maximum absolute atomic E-state index is 13.1. The molecular formula is C15H15ClFN3. The average Bonchev–Trinajstić information content (AvgIpc) is 3.22. The third-order valence-electron chi connectivity index (χ3n) is 3.49. The number of hydrogen-bond acceptors (Lipinski definition) is 3. The number of rotatable bonds is 3. The Morgan fingerprint density at radius 1 is 1.25 bits per heavy atom. The highest BCUT2D eigenvalue weighted by molar-refractivity contribution is 6.30. The first-order valence-electron chi connectivity index (χ1n) is 6.62. The predicted molar refractivity (Wildman–Crippen MR) is 78.2 cm³/mol. The van der Waals surface area contributed by atoms with Crippen molar-refractivity contribution in [3.05, 3.63) is 46.1 Å². The van der Waals surface area contributed by atoms with Gasteiger partial charge in [0.15, 0.2) is 0 Å². The summed E-state index contributed by atoms with van der Waals surface area (Å²) in [6.45, 7) is 3.73. The van der Waals surface area contributed by atoms with E-state index in [1.165, 1.54) is 12.1 Å². The van der Waals surface area contributed by atoms with Crippen LogP contribution in [0.5, 0.6) is 0 Å². The standard InChI is InChI=1S/C15H15ClFN3/c1-8-7-11(17)5-6-12(8)18-14-9(2)13(16)19-15(20-14)10-3-4-10/h5-7,10H,3-4H2,1-2H3,(H,18,19,20). The molecular weight excluding hydrogens is 277 g/mol. The van der Waals surface area contributed by atoms with Crippen LogP contribution in [-0.2, 0) is 0 Å². The summed E-state index contributed by atoms with van der Waals surface area (Å²) in [7, 11) is 0. The quantitative estimate of drug-likeness (QED) is 0.846. The Morgan fingerprint density at radius 3 is 2.65 bits per heavy atom. The van der Waals surface area contributed by atoms with E-state index in [0.29, 0.717) is 16.9 Å². The molecule has 0 aliphatic heterocycles. The fraction of sp³-hybridized carbons (Fsp3) is 0.333. The Labute approximate surface area is 122 Å². The largest absolute Gasteiger partial charge is 0.340 e. The number of halogens is 2. The summed E-state index contributed by atoms with van der Waals surface area (Å²) >= 11 is 6.17. The number of nitrogens with zero attached hydrogens (tertiary/aromatic N) is 2. The maximum atomic E-state index is 13.1. The zero-order chi connectivity index (χ0) is 14.3. The van der Waals surface area contributed by atoms with E-state index in [1.54, 1.807) is 6.07 Å². The molecule has 0 radical (unpaired) electrons. The van der Waals surface area contributed by atoms with Gasteiger partial charge in [0.05, 0.1) is 0 Å². The third-order valence-corrected chi connectivity index (χ3v) is 3.86. The second-order valence-corrected chi connectivity index (χ2v) is 5.56. The van der Waals surface area contributed by atoms with Gasteiger partial charge in [-0.05, 0) is 50.5 Å². The van der Waals surface area contributed by atoms with E-state index in [9.17, 15) is 4.39 Å². The first-order valence-corrected chi connectivity index (χ1v) is 6.99. The predicted octanol–water partition coefficient (Wildman–Crippen LogP) is 4.51. The molecule has 0 unspecified atom stereocenters. The fourth-order valence-corrected chi connectivity index (χ4v) is 2.22. The number of nitrogens with one attached hydrogen (secondary N) is 1. The summed E-state index contributed by atoms with van der Waals surface area (Å²) in [5.41, 5.74) is 2.46. The topological polar surface area (TPSA) is 37.8 Å². The normalized spacial score (nSPS) is 14.4. The zero-order valence-electron chi connectivity index (χ0n) is 11.4. The second-order valence-electron chi connectivity index (χ2n) is 5.20. The summed E-state index contributed by atoms with van der Waals surface area (Å²) in [4.78, 5) is 8.88. The van der Waals surface area contributed by atoms with Crippen LogP contribution >= 0.6 is 11.6 Å². The molecule has 1 N–H and O–H groups in total. The van der Waals surface area contributed by atoms with E-state index in [4.69, 9.17) is 11.6 Å². The summed E-state index contributed by atoms with van der Waals surface area (Å²) in [6, 6.07) is 4.62. The SMILES string of the molecule is Cc1cc(F)ccc1Nc1nc(C2CC2)nc(Cl)c1C. The third kappa shape index (κ3) is 2.61. The van der Waals surface area contributed by atoms with Gasteiger partial charge in [0, 0.05) is 17.2 Å². The van der Waals surface area contributed by atoms with Gasteiger partial charge in [-0.2, -0.15) is 0 Å². The van der Waals surface area contributed by atoms with Gasteiger partial charge in [-0.15, -0.1) is 0 Å². The first-order chi connectivity index (χ1) is 9.54. The molecule has 5 heteroatoms. The number of anilines is 2. The van der Waals surface area contributed by atoms with Gasteiger partial charge < -0.3 is 5.32 Å². The molecule has 0 spiro atoms.